The normalized spacial score (nSPS) is 23.0. The Bertz CT molecular complexity index is 472. The molecule has 0 bridgehead atoms. The highest BCUT2D eigenvalue weighted by Gasteiger charge is 2.35. The summed E-state index contributed by atoms with van der Waals surface area (Å²) >= 11 is 0. The van der Waals surface area contributed by atoms with Gasteiger partial charge in [0.05, 0.1) is 18.5 Å². The number of rotatable bonds is 4. The van der Waals surface area contributed by atoms with Gasteiger partial charge < -0.3 is 10.6 Å². The largest absolute Gasteiger partial charge is 0.390 e. The number of hydrogen-bond acceptors (Lipinski definition) is 3. The van der Waals surface area contributed by atoms with Gasteiger partial charge in [0.15, 0.2) is 0 Å². The van der Waals surface area contributed by atoms with Gasteiger partial charge in [-0.2, -0.15) is 18.3 Å². The SMILES string of the molecule is Cn1cc([C@H]2CNC[C@@H]2C(=O)NCCC(F)(F)F)cn1. The second kappa shape index (κ2) is 5.82. The van der Waals surface area contributed by atoms with Gasteiger partial charge in [-0.15, -0.1) is 0 Å². The standard InChI is InChI=1S/C12H17F3N4O/c1-19-7-8(4-18-19)9-5-16-6-10(9)11(20)17-3-2-12(13,14)15/h4,7,9-10,16H,2-3,5-6H2,1H3,(H,17,20)/t9-,10+/m1/s1. The number of aromatic nitrogens is 2. The molecular formula is C12H17F3N4O. The van der Waals surface area contributed by atoms with Gasteiger partial charge >= 0.3 is 6.18 Å². The lowest BCUT2D eigenvalue weighted by Crippen LogP contribution is -2.36. The first-order valence-corrected chi connectivity index (χ1v) is 6.40. The average Bonchev–Trinajstić information content (AvgIpc) is 2.94. The minimum Gasteiger partial charge on any atom is -0.355 e. The summed E-state index contributed by atoms with van der Waals surface area (Å²) in [5.74, 6) is -0.741. The number of amides is 1. The smallest absolute Gasteiger partial charge is 0.355 e. The van der Waals surface area contributed by atoms with E-state index in [1.54, 1.807) is 17.9 Å². The zero-order valence-electron chi connectivity index (χ0n) is 11.1. The molecule has 1 fully saturated rings. The van der Waals surface area contributed by atoms with Crippen LogP contribution in [0.1, 0.15) is 17.9 Å². The maximum Gasteiger partial charge on any atom is 0.390 e. The number of halogens is 3. The molecule has 2 atom stereocenters. The van der Waals surface area contributed by atoms with Gasteiger partial charge in [0.2, 0.25) is 5.91 Å². The summed E-state index contributed by atoms with van der Waals surface area (Å²) in [5, 5.41) is 9.52. The molecule has 2 heterocycles. The third-order valence-electron chi connectivity index (χ3n) is 3.41. The number of carbonyl (C=O) groups is 1. The van der Waals surface area contributed by atoms with E-state index in [2.05, 4.69) is 15.7 Å². The van der Waals surface area contributed by atoms with E-state index in [9.17, 15) is 18.0 Å². The molecule has 8 heteroatoms. The van der Waals surface area contributed by atoms with Gasteiger partial charge in [-0.25, -0.2) is 0 Å². The Morgan fingerprint density at radius 2 is 2.30 bits per heavy atom. The van der Waals surface area contributed by atoms with Crippen LogP contribution in [-0.4, -0.2) is 41.5 Å². The van der Waals surface area contributed by atoms with Crippen LogP contribution in [0.4, 0.5) is 13.2 Å². The molecule has 0 unspecified atom stereocenters. The van der Waals surface area contributed by atoms with Crippen LogP contribution in [0, 0.1) is 5.92 Å². The van der Waals surface area contributed by atoms with E-state index in [1.165, 1.54) is 0 Å². The minimum atomic E-state index is -4.25. The monoisotopic (exact) mass is 290 g/mol. The number of carbonyl (C=O) groups excluding carboxylic acids is 1. The Balaban J connectivity index is 1.92. The second-order valence-electron chi connectivity index (χ2n) is 4.97. The summed E-state index contributed by atoms with van der Waals surface area (Å²) in [7, 11) is 1.78. The van der Waals surface area contributed by atoms with Gasteiger partial charge in [-0.3, -0.25) is 9.48 Å². The van der Waals surface area contributed by atoms with E-state index in [-0.39, 0.29) is 24.3 Å². The maximum absolute atomic E-state index is 12.1. The van der Waals surface area contributed by atoms with Crippen LogP contribution in [0.15, 0.2) is 12.4 Å². The molecule has 0 aliphatic carbocycles. The molecule has 2 N–H and O–H groups in total. The van der Waals surface area contributed by atoms with Gasteiger partial charge in [-0.1, -0.05) is 0 Å². The highest BCUT2D eigenvalue weighted by molar-refractivity contribution is 5.80. The van der Waals surface area contributed by atoms with Crippen molar-refractivity contribution in [1.82, 2.24) is 20.4 Å². The molecule has 1 aliphatic heterocycles. The fraction of sp³-hybridized carbons (Fsp3) is 0.667. The summed E-state index contributed by atoms with van der Waals surface area (Å²) in [6.45, 7) is 0.721. The van der Waals surface area contributed by atoms with Crippen LogP contribution in [0.3, 0.4) is 0 Å². The van der Waals surface area contributed by atoms with Crippen LogP contribution >= 0.6 is 0 Å². The molecule has 0 radical (unpaired) electrons. The van der Waals surface area contributed by atoms with E-state index in [4.69, 9.17) is 0 Å². The molecule has 112 valence electrons. The van der Waals surface area contributed by atoms with Crippen LogP contribution in [0.5, 0.6) is 0 Å². The zero-order valence-corrected chi connectivity index (χ0v) is 11.1. The van der Waals surface area contributed by atoms with Gasteiger partial charge in [0, 0.05) is 38.8 Å². The lowest BCUT2D eigenvalue weighted by molar-refractivity contribution is -0.136. The Kier molecular flexibility index (Phi) is 4.32. The Labute approximate surface area is 114 Å². The molecule has 1 aliphatic rings. The van der Waals surface area contributed by atoms with E-state index < -0.39 is 12.6 Å². The van der Waals surface area contributed by atoms with Crippen molar-refractivity contribution in [2.45, 2.75) is 18.5 Å². The summed E-state index contributed by atoms with van der Waals surface area (Å²) in [6.07, 6.45) is -1.73. The summed E-state index contributed by atoms with van der Waals surface area (Å²) in [6, 6.07) is 0. The Morgan fingerprint density at radius 1 is 1.55 bits per heavy atom. The molecule has 5 nitrogen and oxygen atoms in total. The summed E-state index contributed by atoms with van der Waals surface area (Å²) in [4.78, 5) is 12.0. The van der Waals surface area contributed by atoms with E-state index in [0.29, 0.717) is 13.1 Å². The van der Waals surface area contributed by atoms with Crippen molar-refractivity contribution < 1.29 is 18.0 Å². The van der Waals surface area contributed by atoms with Gasteiger partial charge in [0.1, 0.15) is 0 Å². The Hall–Kier alpha value is -1.57. The van der Waals surface area contributed by atoms with E-state index in [1.807, 2.05) is 6.20 Å². The predicted octanol–water partition coefficient (Wildman–Crippen LogP) is 0.792. The first kappa shape index (κ1) is 14.8. The van der Waals surface area contributed by atoms with Crippen molar-refractivity contribution in [2.75, 3.05) is 19.6 Å². The van der Waals surface area contributed by atoms with Gasteiger partial charge in [-0.05, 0) is 5.56 Å². The molecule has 1 saturated heterocycles. The van der Waals surface area contributed by atoms with Crippen molar-refractivity contribution in [1.29, 1.82) is 0 Å². The quantitative estimate of drug-likeness (QED) is 0.862. The fourth-order valence-corrected chi connectivity index (χ4v) is 2.39. The number of aryl methyl sites for hydroxylation is 1. The zero-order chi connectivity index (χ0) is 14.8. The average molecular weight is 290 g/mol. The molecule has 0 saturated carbocycles. The molecule has 1 aromatic heterocycles. The second-order valence-corrected chi connectivity index (χ2v) is 4.97. The van der Waals surface area contributed by atoms with Crippen molar-refractivity contribution in [3.63, 3.8) is 0 Å². The van der Waals surface area contributed by atoms with Crippen LogP contribution in [-0.2, 0) is 11.8 Å². The van der Waals surface area contributed by atoms with E-state index >= 15 is 0 Å². The molecule has 20 heavy (non-hydrogen) atoms. The van der Waals surface area contributed by atoms with Crippen LogP contribution in [0.2, 0.25) is 0 Å². The van der Waals surface area contributed by atoms with Gasteiger partial charge in [0.25, 0.3) is 0 Å². The third kappa shape index (κ3) is 3.72. The van der Waals surface area contributed by atoms with Crippen LogP contribution in [0.25, 0.3) is 0 Å². The molecule has 2 rings (SSSR count). The summed E-state index contributed by atoms with van der Waals surface area (Å²) in [5.41, 5.74) is 0.925. The molecular weight excluding hydrogens is 273 g/mol. The molecule has 0 aromatic carbocycles. The number of nitrogens with zero attached hydrogens (tertiary/aromatic N) is 2. The predicted molar refractivity (Wildman–Crippen MR) is 66.0 cm³/mol. The molecule has 1 aromatic rings. The minimum absolute atomic E-state index is 0.0467. The van der Waals surface area contributed by atoms with E-state index in [0.717, 1.165) is 5.56 Å². The highest BCUT2D eigenvalue weighted by atomic mass is 19.4. The third-order valence-corrected chi connectivity index (χ3v) is 3.41. The lowest BCUT2D eigenvalue weighted by Gasteiger charge is -2.17. The van der Waals surface area contributed by atoms with Crippen molar-refractivity contribution in [2.24, 2.45) is 13.0 Å². The maximum atomic E-state index is 12.1. The van der Waals surface area contributed by atoms with Crippen LogP contribution < -0.4 is 10.6 Å². The number of hydrogen-bond donors (Lipinski definition) is 2. The number of alkyl halides is 3. The van der Waals surface area contributed by atoms with Crippen molar-refractivity contribution in [3.8, 4) is 0 Å². The first-order valence-electron chi connectivity index (χ1n) is 6.40. The number of nitrogens with one attached hydrogen (secondary N) is 2. The van der Waals surface area contributed by atoms with Crippen molar-refractivity contribution >= 4 is 5.91 Å². The fourth-order valence-electron chi connectivity index (χ4n) is 2.39. The topological polar surface area (TPSA) is 59.0 Å². The molecule has 0 spiro atoms. The Morgan fingerprint density at radius 3 is 2.90 bits per heavy atom. The highest BCUT2D eigenvalue weighted by Crippen LogP contribution is 2.28. The summed E-state index contributed by atoms with van der Waals surface area (Å²) < 4.78 is 37.8. The molecule has 1 amide bonds. The lowest BCUT2D eigenvalue weighted by atomic mass is 9.90. The van der Waals surface area contributed by atoms with Crippen molar-refractivity contribution in [3.05, 3.63) is 18.0 Å². The first-order chi connectivity index (χ1) is 9.37.